The zero-order valence-electron chi connectivity index (χ0n) is 15.3. The topological polar surface area (TPSA) is 69.2 Å². The third-order valence-corrected chi connectivity index (χ3v) is 4.91. The first-order chi connectivity index (χ1) is 12.6. The Kier molecular flexibility index (Phi) is 4.57. The predicted octanol–water partition coefficient (Wildman–Crippen LogP) is 2.83. The Bertz CT molecular complexity index is 864. The molecule has 0 bridgehead atoms. The number of aryl methyl sites for hydroxylation is 2. The molecule has 136 valence electrons. The third-order valence-electron chi connectivity index (χ3n) is 4.91. The highest BCUT2D eigenvalue weighted by Crippen LogP contribution is 2.27. The van der Waals surface area contributed by atoms with Crippen molar-refractivity contribution < 1.29 is 9.15 Å². The molecule has 0 spiro atoms. The van der Waals surface area contributed by atoms with Crippen LogP contribution in [0.25, 0.3) is 5.69 Å². The number of nitrogens with zero attached hydrogens (tertiary/aromatic N) is 5. The second-order valence-electron chi connectivity index (χ2n) is 6.71. The molecule has 1 saturated heterocycles. The van der Waals surface area contributed by atoms with Gasteiger partial charge in [-0.15, -0.1) is 10.2 Å². The van der Waals surface area contributed by atoms with E-state index < -0.39 is 0 Å². The highest BCUT2D eigenvalue weighted by molar-refractivity contribution is 5.36. The molecule has 1 atom stereocenters. The Morgan fingerprint density at radius 1 is 1.19 bits per heavy atom. The lowest BCUT2D eigenvalue weighted by molar-refractivity contribution is -0.0822. The molecular weight excluding hydrogens is 330 g/mol. The number of likely N-dealkylation sites (tertiary alicyclic amines) is 1. The van der Waals surface area contributed by atoms with Gasteiger partial charge in [-0.3, -0.25) is 4.90 Å². The van der Waals surface area contributed by atoms with Crippen LogP contribution in [0.2, 0.25) is 0 Å². The molecule has 7 nitrogen and oxygen atoms in total. The SMILES string of the molecule is Cc1nnc(COC2CN(C(C)c3ccc(-n4ccnc4C)cc3)C2)o1. The molecule has 3 aromatic rings. The summed E-state index contributed by atoms with van der Waals surface area (Å²) in [6.07, 6.45) is 4.02. The molecule has 3 heterocycles. The van der Waals surface area contributed by atoms with Gasteiger partial charge in [0.05, 0.1) is 6.10 Å². The lowest BCUT2D eigenvalue weighted by Crippen LogP contribution is -2.52. The van der Waals surface area contributed by atoms with Gasteiger partial charge in [-0.2, -0.15) is 0 Å². The van der Waals surface area contributed by atoms with Crippen molar-refractivity contribution in [3.63, 3.8) is 0 Å². The van der Waals surface area contributed by atoms with Gasteiger partial charge in [0, 0.05) is 44.1 Å². The molecule has 0 N–H and O–H groups in total. The normalized spacial score (nSPS) is 16.6. The first-order valence-corrected chi connectivity index (χ1v) is 8.85. The number of benzene rings is 1. The lowest BCUT2D eigenvalue weighted by atomic mass is 10.0. The van der Waals surface area contributed by atoms with E-state index in [0.717, 1.165) is 24.6 Å². The van der Waals surface area contributed by atoms with Crippen LogP contribution in [0.4, 0.5) is 0 Å². The summed E-state index contributed by atoms with van der Waals surface area (Å²) in [6, 6.07) is 9.03. The van der Waals surface area contributed by atoms with Crippen LogP contribution < -0.4 is 0 Å². The van der Waals surface area contributed by atoms with Crippen LogP contribution in [0.5, 0.6) is 0 Å². The molecule has 1 unspecified atom stereocenters. The van der Waals surface area contributed by atoms with Gasteiger partial charge in [-0.05, 0) is 31.5 Å². The van der Waals surface area contributed by atoms with E-state index in [1.807, 2.05) is 19.3 Å². The van der Waals surface area contributed by atoms with E-state index in [-0.39, 0.29) is 6.10 Å². The Balaban J connectivity index is 1.30. The molecule has 0 saturated carbocycles. The fourth-order valence-corrected chi connectivity index (χ4v) is 3.25. The highest BCUT2D eigenvalue weighted by atomic mass is 16.5. The summed E-state index contributed by atoms with van der Waals surface area (Å²) < 4.78 is 13.2. The average Bonchev–Trinajstić information content (AvgIpc) is 3.21. The fraction of sp³-hybridized carbons (Fsp3) is 0.421. The van der Waals surface area contributed by atoms with Gasteiger partial charge in [0.15, 0.2) is 0 Å². The maximum atomic E-state index is 5.83. The van der Waals surface area contributed by atoms with Crippen LogP contribution in [-0.4, -0.2) is 43.8 Å². The zero-order valence-corrected chi connectivity index (χ0v) is 15.3. The van der Waals surface area contributed by atoms with Gasteiger partial charge in [-0.25, -0.2) is 4.98 Å². The van der Waals surface area contributed by atoms with Crippen molar-refractivity contribution in [2.24, 2.45) is 0 Å². The van der Waals surface area contributed by atoms with Crippen molar-refractivity contribution in [3.8, 4) is 5.69 Å². The van der Waals surface area contributed by atoms with Crippen molar-refractivity contribution in [2.45, 2.75) is 39.5 Å². The minimum atomic E-state index is 0.220. The second-order valence-corrected chi connectivity index (χ2v) is 6.71. The van der Waals surface area contributed by atoms with Gasteiger partial charge >= 0.3 is 0 Å². The maximum Gasteiger partial charge on any atom is 0.242 e. The smallest absolute Gasteiger partial charge is 0.242 e. The van der Waals surface area contributed by atoms with Crippen LogP contribution in [0.15, 0.2) is 41.1 Å². The summed E-state index contributed by atoms with van der Waals surface area (Å²) in [5.74, 6) is 2.10. The number of hydrogen-bond donors (Lipinski definition) is 0. The first kappa shape index (κ1) is 16.9. The summed E-state index contributed by atoms with van der Waals surface area (Å²) >= 11 is 0. The number of hydrogen-bond acceptors (Lipinski definition) is 6. The molecule has 7 heteroatoms. The Morgan fingerprint density at radius 3 is 2.58 bits per heavy atom. The van der Waals surface area contributed by atoms with Crippen molar-refractivity contribution in [1.29, 1.82) is 0 Å². The number of aromatic nitrogens is 4. The van der Waals surface area contributed by atoms with Gasteiger partial charge < -0.3 is 13.7 Å². The van der Waals surface area contributed by atoms with Crippen LogP contribution in [0.1, 0.15) is 36.1 Å². The van der Waals surface area contributed by atoms with E-state index in [0.29, 0.717) is 24.4 Å². The second kappa shape index (κ2) is 7.01. The molecule has 0 amide bonds. The molecule has 4 rings (SSSR count). The standard InChI is InChI=1S/C19H23N5O2/c1-13(16-4-6-17(7-5-16)24-9-8-20-14(24)2)23-10-18(11-23)25-12-19-22-21-15(3)26-19/h4-9,13,18H,10-12H2,1-3H3. The van der Waals surface area contributed by atoms with Gasteiger partial charge in [0.25, 0.3) is 0 Å². The van der Waals surface area contributed by atoms with Gasteiger partial charge in [-0.1, -0.05) is 12.1 Å². The minimum Gasteiger partial charge on any atom is -0.423 e. The van der Waals surface area contributed by atoms with Crippen LogP contribution in [-0.2, 0) is 11.3 Å². The molecule has 0 aliphatic carbocycles. The Hall–Kier alpha value is -2.51. The van der Waals surface area contributed by atoms with Gasteiger partial charge in [0.1, 0.15) is 12.4 Å². The fourth-order valence-electron chi connectivity index (χ4n) is 3.25. The van der Waals surface area contributed by atoms with Crippen LogP contribution in [0.3, 0.4) is 0 Å². The maximum absolute atomic E-state index is 5.83. The molecule has 0 radical (unpaired) electrons. The van der Waals surface area contributed by atoms with Crippen molar-refractivity contribution in [3.05, 3.63) is 59.8 Å². The van der Waals surface area contributed by atoms with Crippen molar-refractivity contribution in [2.75, 3.05) is 13.1 Å². The molecule has 1 aliphatic rings. The summed E-state index contributed by atoms with van der Waals surface area (Å²) in [4.78, 5) is 6.68. The summed E-state index contributed by atoms with van der Waals surface area (Å²) in [5.41, 5.74) is 2.44. The third kappa shape index (κ3) is 3.40. The van der Waals surface area contributed by atoms with E-state index in [1.54, 1.807) is 6.92 Å². The van der Waals surface area contributed by atoms with E-state index >= 15 is 0 Å². The van der Waals surface area contributed by atoms with Gasteiger partial charge in [0.2, 0.25) is 11.8 Å². The minimum absolute atomic E-state index is 0.220. The molecule has 26 heavy (non-hydrogen) atoms. The summed E-state index contributed by atoms with van der Waals surface area (Å²) in [7, 11) is 0. The van der Waals surface area contributed by atoms with E-state index in [9.17, 15) is 0 Å². The zero-order chi connectivity index (χ0) is 18.1. The van der Waals surface area contributed by atoms with Crippen LogP contribution in [0, 0.1) is 13.8 Å². The van der Waals surface area contributed by atoms with Crippen molar-refractivity contribution >= 4 is 0 Å². The number of rotatable bonds is 6. The first-order valence-electron chi connectivity index (χ1n) is 8.85. The molecule has 1 aliphatic heterocycles. The quantitative estimate of drug-likeness (QED) is 0.679. The number of ether oxygens (including phenoxy) is 1. The van der Waals surface area contributed by atoms with E-state index in [1.165, 1.54) is 5.56 Å². The largest absolute Gasteiger partial charge is 0.423 e. The number of imidazole rings is 1. The predicted molar refractivity (Wildman–Crippen MR) is 95.9 cm³/mol. The molecule has 1 fully saturated rings. The van der Waals surface area contributed by atoms with E-state index in [4.69, 9.17) is 9.15 Å². The monoisotopic (exact) mass is 353 g/mol. The average molecular weight is 353 g/mol. The molecule has 2 aromatic heterocycles. The molecular formula is C19H23N5O2. The lowest BCUT2D eigenvalue weighted by Gasteiger charge is -2.42. The van der Waals surface area contributed by atoms with E-state index in [2.05, 4.69) is 55.8 Å². The highest BCUT2D eigenvalue weighted by Gasteiger charge is 2.31. The molecule has 1 aromatic carbocycles. The Labute approximate surface area is 152 Å². The summed E-state index contributed by atoms with van der Waals surface area (Å²) in [5, 5.41) is 7.76. The van der Waals surface area contributed by atoms with Crippen molar-refractivity contribution in [1.82, 2.24) is 24.6 Å². The van der Waals surface area contributed by atoms with Crippen LogP contribution >= 0.6 is 0 Å². The Morgan fingerprint density at radius 2 is 1.96 bits per heavy atom. The summed E-state index contributed by atoms with van der Waals surface area (Å²) in [6.45, 7) is 8.23.